The fourth-order valence-corrected chi connectivity index (χ4v) is 2.21. The van der Waals surface area contributed by atoms with Gasteiger partial charge in [-0.2, -0.15) is 0 Å². The number of furan rings is 2. The van der Waals surface area contributed by atoms with Gasteiger partial charge in [-0.25, -0.2) is 9.59 Å². The highest BCUT2D eigenvalue weighted by Gasteiger charge is 2.28. The molecule has 2 rings (SSSR count). The van der Waals surface area contributed by atoms with Crippen LogP contribution >= 0.6 is 0 Å². The van der Waals surface area contributed by atoms with E-state index in [4.69, 9.17) is 14.3 Å². The molecule has 0 saturated heterocycles. The first-order valence-corrected chi connectivity index (χ1v) is 6.90. The van der Waals surface area contributed by atoms with Crippen molar-refractivity contribution >= 4 is 23.1 Å². The minimum absolute atomic E-state index is 0.0311. The van der Waals surface area contributed by atoms with Crippen molar-refractivity contribution < 1.29 is 23.8 Å². The van der Waals surface area contributed by atoms with E-state index in [0.717, 1.165) is 25.7 Å². The molecular weight excluding hydrogens is 260 g/mol. The van der Waals surface area contributed by atoms with Gasteiger partial charge in [0.2, 0.25) is 0 Å². The van der Waals surface area contributed by atoms with E-state index in [2.05, 4.69) is 6.92 Å². The molecule has 2 aromatic rings. The lowest BCUT2D eigenvalue weighted by Crippen LogP contribution is -2.11. The molecule has 0 fully saturated rings. The van der Waals surface area contributed by atoms with Crippen molar-refractivity contribution in [3.63, 3.8) is 0 Å². The third kappa shape index (κ3) is 2.92. The van der Waals surface area contributed by atoms with Crippen LogP contribution < -0.4 is 0 Å². The van der Waals surface area contributed by atoms with Crippen LogP contribution in [0.3, 0.4) is 0 Å². The number of carboxylic acids is 1. The Morgan fingerprint density at radius 2 is 1.75 bits per heavy atom. The van der Waals surface area contributed by atoms with Gasteiger partial charge >= 0.3 is 11.9 Å². The third-order valence-electron chi connectivity index (χ3n) is 3.25. The first-order valence-electron chi connectivity index (χ1n) is 6.90. The van der Waals surface area contributed by atoms with Crippen LogP contribution in [0.15, 0.2) is 16.5 Å². The maximum atomic E-state index is 11.9. The molecule has 0 spiro atoms. The first kappa shape index (κ1) is 14.4. The maximum Gasteiger partial charge on any atom is 0.342 e. The van der Waals surface area contributed by atoms with Crippen LogP contribution in [0.5, 0.6) is 0 Å². The topological polar surface area (TPSA) is 76.7 Å². The molecule has 20 heavy (non-hydrogen) atoms. The Morgan fingerprint density at radius 3 is 2.40 bits per heavy atom. The number of hydrogen-bond donors (Lipinski definition) is 1. The second-order valence-corrected chi connectivity index (χ2v) is 4.77. The fourth-order valence-electron chi connectivity index (χ4n) is 2.21. The van der Waals surface area contributed by atoms with Crippen LogP contribution in [0.4, 0.5) is 0 Å². The van der Waals surface area contributed by atoms with E-state index in [1.807, 2.05) is 0 Å². The van der Waals surface area contributed by atoms with Gasteiger partial charge in [0.05, 0.1) is 6.61 Å². The van der Waals surface area contributed by atoms with Gasteiger partial charge in [0, 0.05) is 0 Å². The molecule has 0 aromatic carbocycles. The summed E-state index contributed by atoms with van der Waals surface area (Å²) in [6.45, 7) is 2.45. The molecule has 5 nitrogen and oxygen atoms in total. The molecule has 2 heterocycles. The Bertz CT molecular complexity index is 584. The number of fused-ring (bicyclic) bond motifs is 2. The number of benzene rings is 1. The number of aromatic carboxylic acids is 1. The number of ether oxygens (including phenoxy) is 1. The van der Waals surface area contributed by atoms with E-state index >= 15 is 0 Å². The third-order valence-corrected chi connectivity index (χ3v) is 3.25. The molecule has 1 N–H and O–H groups in total. The number of hydrogen-bond acceptors (Lipinski definition) is 4. The van der Waals surface area contributed by atoms with Gasteiger partial charge in [0.1, 0.15) is 22.3 Å². The summed E-state index contributed by atoms with van der Waals surface area (Å²) >= 11 is 0. The summed E-state index contributed by atoms with van der Waals surface area (Å²) in [5.74, 6) is -1.79. The molecule has 0 saturated carbocycles. The van der Waals surface area contributed by atoms with E-state index in [-0.39, 0.29) is 22.3 Å². The molecule has 0 aliphatic heterocycles. The minimum atomic E-state index is -1.17. The highest BCUT2D eigenvalue weighted by molar-refractivity contribution is 6.12. The number of unbranched alkanes of at least 4 members (excludes halogenated alkanes) is 4. The second kappa shape index (κ2) is 6.41. The Kier molecular flexibility index (Phi) is 4.61. The van der Waals surface area contributed by atoms with Gasteiger partial charge in [0.25, 0.3) is 0 Å². The molecule has 2 bridgehead atoms. The molecule has 0 aliphatic carbocycles. The molecule has 0 unspecified atom stereocenters. The standard InChI is InChI=1S/C15H18O5/c1-2-3-4-5-6-9-19-15(18)13-11-8-7-10(20-11)12(13)14(16)17/h7-8H,2-6,9H2,1H3,(H,16,17). The number of carbonyl (C=O) groups is 2. The lowest BCUT2D eigenvalue weighted by Gasteiger charge is -2.05. The van der Waals surface area contributed by atoms with Crippen molar-refractivity contribution in [1.29, 1.82) is 0 Å². The smallest absolute Gasteiger partial charge is 0.342 e. The summed E-state index contributed by atoms with van der Waals surface area (Å²) in [6, 6.07) is 3.12. The van der Waals surface area contributed by atoms with Crippen molar-refractivity contribution in [2.45, 2.75) is 39.0 Å². The lowest BCUT2D eigenvalue weighted by atomic mass is 10.1. The van der Waals surface area contributed by atoms with Crippen LogP contribution in [-0.4, -0.2) is 23.7 Å². The Morgan fingerprint density at radius 1 is 1.10 bits per heavy atom. The molecule has 0 aliphatic rings. The Balaban J connectivity index is 1.92. The Hall–Kier alpha value is -2.04. The van der Waals surface area contributed by atoms with E-state index in [1.165, 1.54) is 6.42 Å². The van der Waals surface area contributed by atoms with Crippen LogP contribution in [0, 0.1) is 0 Å². The largest absolute Gasteiger partial charge is 0.478 e. The lowest BCUT2D eigenvalue weighted by molar-refractivity contribution is 0.0490. The molecule has 5 heteroatoms. The van der Waals surface area contributed by atoms with Crippen LogP contribution in [0.1, 0.15) is 59.7 Å². The molecule has 2 aromatic heterocycles. The number of carbonyl (C=O) groups excluding carboxylic acids is 1. The van der Waals surface area contributed by atoms with Gasteiger partial charge in [-0.3, -0.25) is 0 Å². The van der Waals surface area contributed by atoms with Crippen LogP contribution in [-0.2, 0) is 4.74 Å². The molecule has 0 atom stereocenters. The van der Waals surface area contributed by atoms with Crippen molar-refractivity contribution in [3.8, 4) is 0 Å². The zero-order valence-electron chi connectivity index (χ0n) is 11.5. The Labute approximate surface area is 116 Å². The van der Waals surface area contributed by atoms with E-state index in [9.17, 15) is 9.59 Å². The summed E-state index contributed by atoms with van der Waals surface area (Å²) < 4.78 is 10.3. The van der Waals surface area contributed by atoms with Crippen molar-refractivity contribution in [3.05, 3.63) is 23.3 Å². The monoisotopic (exact) mass is 278 g/mol. The van der Waals surface area contributed by atoms with Gasteiger partial charge < -0.3 is 14.3 Å². The average Bonchev–Trinajstić information content (AvgIpc) is 3.02. The second-order valence-electron chi connectivity index (χ2n) is 4.77. The van der Waals surface area contributed by atoms with Crippen molar-refractivity contribution in [1.82, 2.24) is 0 Å². The zero-order chi connectivity index (χ0) is 14.5. The van der Waals surface area contributed by atoms with Gasteiger partial charge in [0.15, 0.2) is 0 Å². The first-order chi connectivity index (χ1) is 9.65. The summed E-state index contributed by atoms with van der Waals surface area (Å²) in [6.07, 6.45) is 5.27. The molecular formula is C15H18O5. The van der Waals surface area contributed by atoms with Gasteiger partial charge in [-0.1, -0.05) is 32.6 Å². The predicted octanol–water partition coefficient (Wildman–Crippen LogP) is 3.70. The zero-order valence-corrected chi connectivity index (χ0v) is 11.5. The van der Waals surface area contributed by atoms with Crippen molar-refractivity contribution in [2.24, 2.45) is 0 Å². The number of esters is 1. The normalized spacial score (nSPS) is 11.1. The van der Waals surface area contributed by atoms with E-state index in [1.54, 1.807) is 12.1 Å². The van der Waals surface area contributed by atoms with Crippen LogP contribution in [0.2, 0.25) is 0 Å². The van der Waals surface area contributed by atoms with E-state index < -0.39 is 11.9 Å². The fraction of sp³-hybridized carbons (Fsp3) is 0.467. The predicted molar refractivity (Wildman–Crippen MR) is 73.4 cm³/mol. The highest BCUT2D eigenvalue weighted by atomic mass is 16.5. The van der Waals surface area contributed by atoms with Gasteiger partial charge in [-0.15, -0.1) is 0 Å². The van der Waals surface area contributed by atoms with Crippen molar-refractivity contribution in [2.75, 3.05) is 6.61 Å². The minimum Gasteiger partial charge on any atom is -0.478 e. The summed E-state index contributed by atoms with van der Waals surface area (Å²) in [7, 11) is 0. The SMILES string of the molecule is CCCCCCCOC(=O)c1c(C(=O)O)c2ccc1o2. The average molecular weight is 278 g/mol. The van der Waals surface area contributed by atoms with Crippen LogP contribution in [0.25, 0.3) is 11.2 Å². The maximum absolute atomic E-state index is 11.9. The number of carboxylic acid groups (broad SMARTS) is 1. The molecule has 0 amide bonds. The highest BCUT2D eigenvalue weighted by Crippen LogP contribution is 2.29. The number of rotatable bonds is 8. The van der Waals surface area contributed by atoms with Gasteiger partial charge in [-0.05, 0) is 18.6 Å². The quantitative estimate of drug-likeness (QED) is 0.588. The summed E-state index contributed by atoms with van der Waals surface area (Å²) in [4.78, 5) is 23.1. The summed E-state index contributed by atoms with van der Waals surface area (Å²) in [5, 5.41) is 9.11. The molecule has 108 valence electrons. The molecule has 0 radical (unpaired) electrons. The van der Waals surface area contributed by atoms with E-state index in [0.29, 0.717) is 6.61 Å². The summed E-state index contributed by atoms with van der Waals surface area (Å²) in [5.41, 5.74) is 0.415.